The van der Waals surface area contributed by atoms with E-state index in [0.717, 1.165) is 19.3 Å². The number of H-pyrrole nitrogens is 1. The molecule has 1 fully saturated rings. The first kappa shape index (κ1) is 13.1. The average molecular weight is 247 g/mol. The summed E-state index contributed by atoms with van der Waals surface area (Å²) in [6.07, 6.45) is 6.01. The van der Waals surface area contributed by atoms with E-state index in [0.29, 0.717) is 17.4 Å². The highest BCUT2D eigenvalue weighted by atomic mass is 16.1. The van der Waals surface area contributed by atoms with Gasteiger partial charge in [0, 0.05) is 23.7 Å². The molecule has 0 amide bonds. The van der Waals surface area contributed by atoms with E-state index in [1.54, 1.807) is 12.3 Å². The number of pyridine rings is 1. The van der Waals surface area contributed by atoms with Gasteiger partial charge >= 0.3 is 0 Å². The molecule has 1 heterocycles. The van der Waals surface area contributed by atoms with E-state index in [1.165, 1.54) is 12.5 Å². The maximum absolute atomic E-state index is 12.5. The molecule has 1 aromatic rings. The fourth-order valence-corrected chi connectivity index (χ4v) is 3.09. The van der Waals surface area contributed by atoms with E-state index in [9.17, 15) is 9.59 Å². The van der Waals surface area contributed by atoms with Crippen molar-refractivity contribution in [2.24, 2.45) is 17.8 Å². The quantitative estimate of drug-likeness (QED) is 0.835. The minimum absolute atomic E-state index is 0.0977. The van der Waals surface area contributed by atoms with Crippen LogP contribution in [0.2, 0.25) is 0 Å². The zero-order valence-electron chi connectivity index (χ0n) is 11.1. The summed E-state index contributed by atoms with van der Waals surface area (Å²) in [5, 5.41) is 0. The van der Waals surface area contributed by atoms with Crippen molar-refractivity contribution in [3.63, 3.8) is 0 Å². The largest absolute Gasteiger partial charge is 0.329 e. The van der Waals surface area contributed by atoms with Crippen molar-refractivity contribution >= 4 is 5.78 Å². The Kier molecular flexibility index (Phi) is 4.00. The summed E-state index contributed by atoms with van der Waals surface area (Å²) in [7, 11) is 0. The molecular weight excluding hydrogens is 226 g/mol. The molecule has 3 heteroatoms. The minimum atomic E-state index is -0.197. The topological polar surface area (TPSA) is 49.9 Å². The van der Waals surface area contributed by atoms with Gasteiger partial charge in [0.05, 0.1) is 0 Å². The average Bonchev–Trinajstić information content (AvgIpc) is 2.38. The first-order chi connectivity index (χ1) is 8.59. The van der Waals surface area contributed by atoms with Crippen LogP contribution in [0.1, 0.15) is 49.9 Å². The second kappa shape index (κ2) is 5.51. The molecule has 18 heavy (non-hydrogen) atoms. The number of rotatable bonds is 3. The highest BCUT2D eigenvalue weighted by molar-refractivity contribution is 5.97. The van der Waals surface area contributed by atoms with E-state index in [-0.39, 0.29) is 17.3 Å². The molecule has 0 aliphatic heterocycles. The maximum Gasteiger partial charge on any atom is 0.248 e. The van der Waals surface area contributed by atoms with Crippen LogP contribution in [0.15, 0.2) is 23.1 Å². The zero-order chi connectivity index (χ0) is 13.1. The fourth-order valence-electron chi connectivity index (χ4n) is 3.09. The summed E-state index contributed by atoms with van der Waals surface area (Å²) >= 11 is 0. The molecule has 2 rings (SSSR count). The van der Waals surface area contributed by atoms with Crippen molar-refractivity contribution in [1.82, 2.24) is 4.98 Å². The molecule has 0 saturated heterocycles. The smallest absolute Gasteiger partial charge is 0.248 e. The number of nitrogens with one attached hydrogen (secondary N) is 1. The van der Waals surface area contributed by atoms with Gasteiger partial charge < -0.3 is 4.98 Å². The van der Waals surface area contributed by atoms with Crippen molar-refractivity contribution in [2.75, 3.05) is 0 Å². The van der Waals surface area contributed by atoms with Gasteiger partial charge in [-0.25, -0.2) is 0 Å². The highest BCUT2D eigenvalue weighted by Crippen LogP contribution is 2.36. The summed E-state index contributed by atoms with van der Waals surface area (Å²) in [4.78, 5) is 26.4. The number of Topliss-reactive ketones (excluding diaryl/α,β-unsaturated/α-hetero) is 1. The molecular formula is C15H21NO2. The molecule has 1 aliphatic rings. The van der Waals surface area contributed by atoms with Gasteiger partial charge in [-0.2, -0.15) is 0 Å². The SMILES string of the molecule is CC(C)C1CCCCC1C(=O)c1cc[nH]c(=O)c1. The number of aromatic nitrogens is 1. The number of carbonyl (C=O) groups excluding carboxylic acids is 1. The van der Waals surface area contributed by atoms with Crippen LogP contribution in [0.25, 0.3) is 0 Å². The summed E-state index contributed by atoms with van der Waals surface area (Å²) in [6, 6.07) is 3.14. The Labute approximate surface area is 108 Å². The van der Waals surface area contributed by atoms with Gasteiger partial charge in [-0.05, 0) is 30.7 Å². The van der Waals surface area contributed by atoms with Gasteiger partial charge in [-0.3, -0.25) is 9.59 Å². The van der Waals surface area contributed by atoms with Gasteiger partial charge in [0.15, 0.2) is 5.78 Å². The van der Waals surface area contributed by atoms with Crippen molar-refractivity contribution in [3.05, 3.63) is 34.2 Å². The number of aromatic amines is 1. The molecule has 1 aliphatic carbocycles. The third-order valence-electron chi connectivity index (χ3n) is 4.07. The van der Waals surface area contributed by atoms with E-state index < -0.39 is 0 Å². The minimum Gasteiger partial charge on any atom is -0.329 e. The van der Waals surface area contributed by atoms with Gasteiger partial charge in [-0.1, -0.05) is 26.7 Å². The number of hydrogen-bond donors (Lipinski definition) is 1. The first-order valence-corrected chi connectivity index (χ1v) is 6.82. The third-order valence-corrected chi connectivity index (χ3v) is 4.07. The number of carbonyl (C=O) groups is 1. The Morgan fingerprint density at radius 1 is 1.33 bits per heavy atom. The zero-order valence-corrected chi connectivity index (χ0v) is 11.1. The highest BCUT2D eigenvalue weighted by Gasteiger charge is 2.33. The van der Waals surface area contributed by atoms with Crippen LogP contribution in [0.3, 0.4) is 0 Å². The molecule has 0 spiro atoms. The van der Waals surface area contributed by atoms with E-state index in [2.05, 4.69) is 18.8 Å². The summed E-state index contributed by atoms with van der Waals surface area (Å²) in [5.41, 5.74) is 0.369. The molecule has 2 atom stereocenters. The summed E-state index contributed by atoms with van der Waals surface area (Å²) in [5.74, 6) is 1.24. The van der Waals surface area contributed by atoms with Crippen LogP contribution >= 0.6 is 0 Å². The maximum atomic E-state index is 12.5. The molecule has 1 aromatic heterocycles. The lowest BCUT2D eigenvalue weighted by Crippen LogP contribution is -2.31. The Morgan fingerprint density at radius 2 is 2.06 bits per heavy atom. The lowest BCUT2D eigenvalue weighted by atomic mass is 9.71. The molecule has 1 saturated carbocycles. The Bertz CT molecular complexity index is 475. The molecule has 0 aromatic carbocycles. The molecule has 0 radical (unpaired) electrons. The summed E-state index contributed by atoms with van der Waals surface area (Å²) < 4.78 is 0. The van der Waals surface area contributed by atoms with Gasteiger partial charge in [0.25, 0.3) is 0 Å². The number of hydrogen-bond acceptors (Lipinski definition) is 2. The van der Waals surface area contributed by atoms with Crippen LogP contribution in [0, 0.1) is 17.8 Å². The van der Waals surface area contributed by atoms with E-state index in [1.807, 2.05) is 0 Å². The van der Waals surface area contributed by atoms with Crippen LogP contribution in [0.5, 0.6) is 0 Å². The fraction of sp³-hybridized carbons (Fsp3) is 0.600. The van der Waals surface area contributed by atoms with E-state index in [4.69, 9.17) is 0 Å². The molecule has 1 N–H and O–H groups in total. The van der Waals surface area contributed by atoms with Crippen LogP contribution in [-0.2, 0) is 0 Å². The van der Waals surface area contributed by atoms with Crippen LogP contribution in [-0.4, -0.2) is 10.8 Å². The first-order valence-electron chi connectivity index (χ1n) is 6.82. The second-order valence-corrected chi connectivity index (χ2v) is 5.60. The predicted octanol–water partition coefficient (Wildman–Crippen LogP) is 3.02. The van der Waals surface area contributed by atoms with Crippen molar-refractivity contribution in [1.29, 1.82) is 0 Å². The standard InChI is InChI=1S/C15H21NO2/c1-10(2)12-5-3-4-6-13(12)15(18)11-7-8-16-14(17)9-11/h7-10,12-13H,3-6H2,1-2H3,(H,16,17). The predicted molar refractivity (Wildman–Crippen MR) is 71.7 cm³/mol. The molecule has 2 unspecified atom stereocenters. The van der Waals surface area contributed by atoms with Crippen molar-refractivity contribution in [3.8, 4) is 0 Å². The van der Waals surface area contributed by atoms with Gasteiger partial charge in [-0.15, -0.1) is 0 Å². The van der Waals surface area contributed by atoms with Crippen molar-refractivity contribution in [2.45, 2.75) is 39.5 Å². The molecule has 3 nitrogen and oxygen atoms in total. The molecule has 98 valence electrons. The Morgan fingerprint density at radius 3 is 2.72 bits per heavy atom. The number of ketones is 1. The summed E-state index contributed by atoms with van der Waals surface area (Å²) in [6.45, 7) is 4.38. The van der Waals surface area contributed by atoms with Crippen LogP contribution in [0.4, 0.5) is 0 Å². The molecule has 0 bridgehead atoms. The van der Waals surface area contributed by atoms with Gasteiger partial charge in [0.1, 0.15) is 0 Å². The Balaban J connectivity index is 2.23. The van der Waals surface area contributed by atoms with Crippen molar-refractivity contribution < 1.29 is 4.79 Å². The third kappa shape index (κ3) is 2.71. The Hall–Kier alpha value is -1.38. The van der Waals surface area contributed by atoms with Crippen LogP contribution < -0.4 is 5.56 Å². The monoisotopic (exact) mass is 247 g/mol. The normalized spacial score (nSPS) is 24.2. The van der Waals surface area contributed by atoms with Gasteiger partial charge in [0.2, 0.25) is 5.56 Å². The van der Waals surface area contributed by atoms with E-state index >= 15 is 0 Å². The lowest BCUT2D eigenvalue weighted by molar-refractivity contribution is 0.0776. The second-order valence-electron chi connectivity index (χ2n) is 5.60. The lowest BCUT2D eigenvalue weighted by Gasteiger charge is -2.33.